The van der Waals surface area contributed by atoms with Gasteiger partial charge in [-0.2, -0.15) is 15.3 Å². The van der Waals surface area contributed by atoms with Crippen LogP contribution in [0.4, 0.5) is 0 Å². The van der Waals surface area contributed by atoms with Crippen molar-refractivity contribution in [1.82, 2.24) is 34.8 Å². The number of fused-ring (bicyclic) bond motifs is 3. The zero-order chi connectivity index (χ0) is 49.7. The smallest absolute Gasteiger partial charge is 0.295 e. The van der Waals surface area contributed by atoms with Crippen molar-refractivity contribution < 1.29 is 30.0 Å². The largest absolute Gasteiger partial charge is 0.364 e. The standard InChI is InChI=1S/C15H9Cl3N2O.C15H11Cl2N3O2.C15H11Cl2N3O.2H3NO/c16-11-5-3-6-12(17)10(11)8-20-13-7-2-1-4-9(13)14(19-20)15(18)21;16-11-5-3-6-12(17)10(11)8-20-13-7-2-1-4-9(13)14(18-20)15(21)19-22;16-11-5-3-6-12(17)10(11)8-20-13-7-2-1-4-9(13)14(19-20)15(18)21;2*1-2/h1-7H,8H2;1-7,22H,8H2,(H,19,21);1-7H,8H2,(H2,18,21);2*2H,1H2. The Kier molecular flexibility index (Phi) is 19.5. The zero-order valence-electron chi connectivity index (χ0n) is 34.9. The molecule has 16 nitrogen and oxygen atoms in total. The molecule has 0 spiro atoms. The third kappa shape index (κ3) is 12.2. The van der Waals surface area contributed by atoms with E-state index in [4.69, 9.17) is 103 Å². The van der Waals surface area contributed by atoms with Gasteiger partial charge in [-0.15, -0.1) is 0 Å². The number of carbonyl (C=O) groups is 3. The van der Waals surface area contributed by atoms with Gasteiger partial charge in [0.15, 0.2) is 17.1 Å². The average Bonchev–Trinajstić information content (AvgIpc) is 4.04. The lowest BCUT2D eigenvalue weighted by Crippen LogP contribution is -2.19. The second-order valence-corrected chi connectivity index (χ2v) is 16.5. The fourth-order valence-corrected chi connectivity index (χ4v) is 8.48. The van der Waals surface area contributed by atoms with Crippen LogP contribution >= 0.6 is 81.2 Å². The van der Waals surface area contributed by atoms with Gasteiger partial charge in [0.1, 0.15) is 0 Å². The van der Waals surface area contributed by atoms with Gasteiger partial charge in [-0.3, -0.25) is 33.6 Å². The monoisotopic (exact) mass is 1060 g/mol. The molecule has 2 amide bonds. The Morgan fingerprint density at radius 2 is 0.735 bits per heavy atom. The highest BCUT2D eigenvalue weighted by molar-refractivity contribution is 6.68. The van der Waals surface area contributed by atoms with Crippen LogP contribution in [0.25, 0.3) is 32.7 Å². The van der Waals surface area contributed by atoms with E-state index in [0.717, 1.165) is 33.2 Å². The Balaban J connectivity index is 0.000000184. The van der Waals surface area contributed by atoms with Crippen molar-refractivity contribution in [1.29, 1.82) is 0 Å². The summed E-state index contributed by atoms with van der Waals surface area (Å²) in [4.78, 5) is 34.7. The molecule has 0 radical (unpaired) electrons. The summed E-state index contributed by atoms with van der Waals surface area (Å²) >= 11 is 42.7. The van der Waals surface area contributed by atoms with Crippen LogP contribution in [0.15, 0.2) is 127 Å². The van der Waals surface area contributed by atoms with Crippen LogP contribution in [0.3, 0.4) is 0 Å². The number of halogens is 7. The normalized spacial score (nSPS) is 10.5. The summed E-state index contributed by atoms with van der Waals surface area (Å²) < 4.78 is 4.99. The molecule has 0 unspecified atom stereocenters. The number of aromatic nitrogens is 6. The Morgan fingerprint density at radius 3 is 1.04 bits per heavy atom. The number of hydrogen-bond donors (Lipinski definition) is 7. The molecule has 3 aromatic heterocycles. The first-order chi connectivity index (χ1) is 32.8. The van der Waals surface area contributed by atoms with Crippen molar-refractivity contribution >= 4 is 131 Å². The number of carbonyl (C=O) groups excluding carboxylic acids is 3. The van der Waals surface area contributed by atoms with E-state index in [-0.39, 0.29) is 17.1 Å². The van der Waals surface area contributed by atoms with Gasteiger partial charge < -0.3 is 16.1 Å². The molecule has 6 aromatic carbocycles. The minimum atomic E-state index is -0.666. The molecule has 3 heterocycles. The van der Waals surface area contributed by atoms with Crippen molar-refractivity contribution in [2.45, 2.75) is 19.6 Å². The van der Waals surface area contributed by atoms with Crippen LogP contribution in [0.2, 0.25) is 30.1 Å². The third-order valence-electron chi connectivity index (χ3n) is 9.82. The molecule has 68 heavy (non-hydrogen) atoms. The first kappa shape index (κ1) is 53.1. The molecule has 0 aliphatic heterocycles. The number of para-hydroxylation sites is 3. The maximum absolute atomic E-state index is 11.7. The lowest BCUT2D eigenvalue weighted by Gasteiger charge is -2.08. The summed E-state index contributed by atoms with van der Waals surface area (Å²) in [5, 5.41) is 39.4. The predicted molar refractivity (Wildman–Crippen MR) is 266 cm³/mol. The Morgan fingerprint density at radius 1 is 0.456 bits per heavy atom. The third-order valence-corrected chi connectivity index (χ3v) is 12.1. The van der Waals surface area contributed by atoms with Gasteiger partial charge in [0.05, 0.1) is 36.2 Å². The van der Waals surface area contributed by atoms with E-state index in [1.54, 1.807) is 86.3 Å². The van der Waals surface area contributed by atoms with E-state index >= 15 is 0 Å². The molecule has 9 rings (SSSR count). The Labute approximate surface area is 421 Å². The number of amides is 2. The molecule has 0 atom stereocenters. The molecule has 0 aliphatic rings. The summed E-state index contributed by atoms with van der Waals surface area (Å²) in [6.45, 7) is 1.05. The quantitative estimate of drug-likeness (QED) is 0.0406. The number of nitrogens with one attached hydrogen (secondary N) is 1. The van der Waals surface area contributed by atoms with Crippen LogP contribution in [0.5, 0.6) is 0 Å². The van der Waals surface area contributed by atoms with Crippen molar-refractivity contribution in [2.75, 3.05) is 0 Å². The van der Waals surface area contributed by atoms with Gasteiger partial charge in [-0.05, 0) is 66.2 Å². The highest BCUT2D eigenvalue weighted by atomic mass is 35.5. The molecule has 23 heteroatoms. The Hall–Kier alpha value is -5.83. The van der Waals surface area contributed by atoms with Crippen molar-refractivity contribution in [2.24, 2.45) is 17.5 Å². The van der Waals surface area contributed by atoms with Crippen molar-refractivity contribution in [3.8, 4) is 0 Å². The number of benzene rings is 6. The fourth-order valence-electron chi connectivity index (χ4n) is 6.79. The number of nitrogens with zero attached hydrogens (tertiary/aromatic N) is 6. The van der Waals surface area contributed by atoms with Crippen LogP contribution in [-0.4, -0.2) is 62.0 Å². The molecular formula is C45H37Cl7N10O6. The van der Waals surface area contributed by atoms with E-state index < -0.39 is 17.1 Å². The number of hydrogen-bond acceptors (Lipinski definition) is 11. The van der Waals surface area contributed by atoms with Crippen molar-refractivity contribution in [3.05, 3.63) is 191 Å². The predicted octanol–water partition coefficient (Wildman–Crippen LogP) is 10.4. The van der Waals surface area contributed by atoms with Crippen LogP contribution < -0.4 is 23.0 Å². The van der Waals surface area contributed by atoms with Gasteiger partial charge in [-0.25, -0.2) is 17.3 Å². The van der Waals surface area contributed by atoms with Gasteiger partial charge >= 0.3 is 0 Å². The molecule has 0 saturated heterocycles. The Bertz CT molecular complexity index is 3030. The van der Waals surface area contributed by atoms with E-state index in [1.165, 1.54) is 0 Å². The number of nitrogens with two attached hydrogens (primary N) is 3. The first-order valence-electron chi connectivity index (χ1n) is 19.4. The van der Waals surface area contributed by atoms with Crippen molar-refractivity contribution in [3.63, 3.8) is 0 Å². The summed E-state index contributed by atoms with van der Waals surface area (Å²) in [7, 11) is 0. The first-order valence-corrected chi connectivity index (χ1v) is 22.0. The lowest BCUT2D eigenvalue weighted by molar-refractivity contribution is 0.0701. The van der Waals surface area contributed by atoms with E-state index in [0.29, 0.717) is 65.9 Å². The van der Waals surface area contributed by atoms with Crippen LogP contribution in [0, 0.1) is 0 Å². The fraction of sp³-hybridized carbons (Fsp3) is 0.0667. The highest BCUT2D eigenvalue weighted by Crippen LogP contribution is 2.30. The molecule has 9 aromatic rings. The summed E-state index contributed by atoms with van der Waals surface area (Å²) in [5.41, 5.74) is 12.2. The van der Waals surface area contributed by atoms with Gasteiger partial charge in [0, 0.05) is 63.0 Å². The lowest BCUT2D eigenvalue weighted by atomic mass is 10.2. The van der Waals surface area contributed by atoms with E-state index in [2.05, 4.69) is 27.1 Å². The van der Waals surface area contributed by atoms with Gasteiger partial charge in [-0.1, -0.05) is 142 Å². The molecule has 0 bridgehead atoms. The number of rotatable bonds is 9. The molecular weight excluding hydrogens is 1020 g/mol. The zero-order valence-corrected chi connectivity index (χ0v) is 40.2. The molecule has 0 aliphatic carbocycles. The summed E-state index contributed by atoms with van der Waals surface area (Å²) in [6.07, 6.45) is 0. The molecule has 0 fully saturated rings. The van der Waals surface area contributed by atoms with Gasteiger partial charge in [0.25, 0.3) is 17.1 Å². The topological polar surface area (TPSA) is 255 Å². The second-order valence-electron chi connectivity index (χ2n) is 13.7. The highest BCUT2D eigenvalue weighted by Gasteiger charge is 2.20. The maximum atomic E-state index is 11.7. The summed E-state index contributed by atoms with van der Waals surface area (Å²) in [5.74, 6) is 5.77. The SMILES string of the molecule is NC(=O)c1nn(Cc2c(Cl)cccc2Cl)c2ccccc12.NO.NO.O=C(Cl)c1nn(Cc2c(Cl)cccc2Cl)c2ccccc12.O=C(NO)c1nn(Cc2c(Cl)cccc2Cl)c2ccccc12. The van der Waals surface area contributed by atoms with Crippen LogP contribution in [-0.2, 0) is 19.6 Å². The van der Waals surface area contributed by atoms with Gasteiger partial charge in [0.2, 0.25) is 0 Å². The molecule has 10 N–H and O–H groups in total. The maximum Gasteiger partial charge on any atom is 0.295 e. The van der Waals surface area contributed by atoms with Crippen LogP contribution in [0.1, 0.15) is 48.2 Å². The summed E-state index contributed by atoms with van der Waals surface area (Å²) in [6, 6.07) is 37.9. The minimum absolute atomic E-state index is 0.140. The number of primary amides is 1. The van der Waals surface area contributed by atoms with E-state index in [1.807, 2.05) is 60.7 Å². The molecule has 352 valence electrons. The van der Waals surface area contributed by atoms with E-state index in [9.17, 15) is 14.4 Å². The number of hydroxylamine groups is 1. The minimum Gasteiger partial charge on any atom is -0.364 e. The molecule has 0 saturated carbocycles. The average molecular weight is 1060 g/mol. The second kappa shape index (κ2) is 25.0.